The van der Waals surface area contributed by atoms with E-state index in [9.17, 15) is 4.79 Å². The lowest BCUT2D eigenvalue weighted by molar-refractivity contribution is 0.100. The Morgan fingerprint density at radius 3 is 2.67 bits per heavy atom. The number of aromatic nitrogens is 4. The smallest absolute Gasteiger partial charge is 0.258 e. The number of hydrogen-bond acceptors (Lipinski definition) is 7. The van der Waals surface area contributed by atoms with Crippen LogP contribution in [-0.4, -0.2) is 25.8 Å². The Kier molecular flexibility index (Phi) is 3.55. The third-order valence-corrected chi connectivity index (χ3v) is 5.75. The van der Waals surface area contributed by atoms with E-state index in [1.165, 1.54) is 17.7 Å². The molecule has 2 N–H and O–H groups in total. The van der Waals surface area contributed by atoms with Crippen molar-refractivity contribution in [3.63, 3.8) is 0 Å². The van der Waals surface area contributed by atoms with E-state index in [0.717, 1.165) is 37.1 Å². The number of nitrogens with two attached hydrogens (primary N) is 1. The second-order valence-corrected chi connectivity index (χ2v) is 7.16. The summed E-state index contributed by atoms with van der Waals surface area (Å²) in [7, 11) is 0. The molecule has 118 valence electrons. The van der Waals surface area contributed by atoms with Crippen LogP contribution in [0.2, 0.25) is 0 Å². The van der Waals surface area contributed by atoms with Crippen molar-refractivity contribution in [3.05, 3.63) is 47.5 Å². The lowest BCUT2D eigenvalue weighted by Crippen LogP contribution is -2.07. The fourth-order valence-corrected chi connectivity index (χ4v) is 4.23. The molecule has 0 aliphatic carbocycles. The minimum atomic E-state index is -0.431. The van der Waals surface area contributed by atoms with E-state index in [0.29, 0.717) is 4.88 Å². The van der Waals surface area contributed by atoms with E-state index in [1.807, 2.05) is 19.1 Å². The van der Waals surface area contributed by atoms with Crippen LogP contribution in [0.3, 0.4) is 0 Å². The van der Waals surface area contributed by atoms with Gasteiger partial charge in [0.1, 0.15) is 16.2 Å². The summed E-state index contributed by atoms with van der Waals surface area (Å²) in [6, 6.07) is 5.65. The maximum Gasteiger partial charge on any atom is 0.258 e. The number of fused-ring (bicyclic) bond motifs is 1. The number of primary amides is 1. The third-order valence-electron chi connectivity index (χ3n) is 3.46. The van der Waals surface area contributed by atoms with Gasteiger partial charge < -0.3 is 5.73 Å². The predicted molar refractivity (Wildman–Crippen MR) is 95.0 cm³/mol. The Balaban J connectivity index is 1.80. The molecule has 8 heteroatoms. The molecule has 0 spiro atoms. The SMILES string of the molecule is Cc1nc(-c2cncnc2)sc1-c1ccc2cc(C(N)=O)sc2n1. The van der Waals surface area contributed by atoms with Gasteiger partial charge in [-0.2, -0.15) is 0 Å². The molecule has 0 aromatic carbocycles. The third kappa shape index (κ3) is 2.55. The molecule has 0 saturated heterocycles. The number of amides is 1. The molecule has 1 amide bonds. The van der Waals surface area contributed by atoms with Gasteiger partial charge in [0.2, 0.25) is 0 Å². The van der Waals surface area contributed by atoms with Gasteiger partial charge in [-0.05, 0) is 25.1 Å². The number of pyridine rings is 1. The first-order valence-electron chi connectivity index (χ1n) is 7.05. The maximum absolute atomic E-state index is 11.3. The number of hydrogen-bond donors (Lipinski definition) is 1. The van der Waals surface area contributed by atoms with Crippen molar-refractivity contribution in [2.24, 2.45) is 5.73 Å². The summed E-state index contributed by atoms with van der Waals surface area (Å²) in [5.74, 6) is -0.431. The van der Waals surface area contributed by atoms with Crippen LogP contribution in [0.25, 0.3) is 31.4 Å². The monoisotopic (exact) mass is 353 g/mol. The van der Waals surface area contributed by atoms with Crippen LogP contribution in [0.1, 0.15) is 15.4 Å². The summed E-state index contributed by atoms with van der Waals surface area (Å²) in [5.41, 5.74) is 7.95. The Labute approximate surface area is 145 Å². The van der Waals surface area contributed by atoms with Crippen LogP contribution in [0.5, 0.6) is 0 Å². The molecule has 6 nitrogen and oxygen atoms in total. The van der Waals surface area contributed by atoms with Crippen LogP contribution in [0.4, 0.5) is 0 Å². The fourth-order valence-electron chi connectivity index (χ4n) is 2.33. The second-order valence-electron chi connectivity index (χ2n) is 5.13. The Hall–Kier alpha value is -2.71. The van der Waals surface area contributed by atoms with E-state index in [4.69, 9.17) is 5.73 Å². The normalized spacial score (nSPS) is 11.0. The minimum Gasteiger partial charge on any atom is -0.365 e. The van der Waals surface area contributed by atoms with E-state index < -0.39 is 5.91 Å². The minimum absolute atomic E-state index is 0.431. The summed E-state index contributed by atoms with van der Waals surface area (Å²) >= 11 is 2.85. The van der Waals surface area contributed by atoms with Crippen molar-refractivity contribution in [2.75, 3.05) is 0 Å². The average molecular weight is 353 g/mol. The summed E-state index contributed by atoms with van der Waals surface area (Å²) in [6.45, 7) is 1.95. The Bertz CT molecular complexity index is 1050. The highest BCUT2D eigenvalue weighted by Crippen LogP contribution is 2.35. The predicted octanol–water partition coefficient (Wildman–Crippen LogP) is 3.28. The lowest BCUT2D eigenvalue weighted by atomic mass is 10.2. The molecule has 0 fully saturated rings. The molecular weight excluding hydrogens is 342 g/mol. The number of thiazole rings is 1. The molecule has 0 saturated carbocycles. The molecule has 4 heterocycles. The molecule has 0 radical (unpaired) electrons. The number of rotatable bonds is 3. The molecule has 0 atom stereocenters. The molecule has 4 rings (SSSR count). The highest BCUT2D eigenvalue weighted by molar-refractivity contribution is 7.20. The lowest BCUT2D eigenvalue weighted by Gasteiger charge is -1.97. The van der Waals surface area contributed by atoms with Gasteiger partial charge in [-0.1, -0.05) is 0 Å². The molecule has 0 aliphatic rings. The van der Waals surface area contributed by atoms with Crippen LogP contribution in [0, 0.1) is 6.92 Å². The average Bonchev–Trinajstić information content (AvgIpc) is 3.18. The summed E-state index contributed by atoms with van der Waals surface area (Å²) in [5, 5.41) is 1.77. The van der Waals surface area contributed by atoms with Gasteiger partial charge >= 0.3 is 0 Å². The number of carbonyl (C=O) groups is 1. The van der Waals surface area contributed by atoms with Gasteiger partial charge in [0, 0.05) is 23.3 Å². The zero-order valence-corrected chi connectivity index (χ0v) is 14.2. The molecular formula is C16H11N5OS2. The molecule has 0 aliphatic heterocycles. The first-order valence-corrected chi connectivity index (χ1v) is 8.68. The van der Waals surface area contributed by atoms with E-state index >= 15 is 0 Å². The number of thiophene rings is 1. The van der Waals surface area contributed by atoms with Gasteiger partial charge in [0.25, 0.3) is 5.91 Å². The first-order chi connectivity index (χ1) is 11.6. The molecule has 24 heavy (non-hydrogen) atoms. The van der Waals surface area contributed by atoms with Crippen LogP contribution in [0.15, 0.2) is 36.9 Å². The van der Waals surface area contributed by atoms with Crippen molar-refractivity contribution in [1.29, 1.82) is 0 Å². The van der Waals surface area contributed by atoms with E-state index in [1.54, 1.807) is 29.8 Å². The largest absolute Gasteiger partial charge is 0.365 e. The first kappa shape index (κ1) is 14.9. The maximum atomic E-state index is 11.3. The van der Waals surface area contributed by atoms with Gasteiger partial charge in [0.15, 0.2) is 0 Å². The van der Waals surface area contributed by atoms with Crippen molar-refractivity contribution in [3.8, 4) is 21.1 Å². The summed E-state index contributed by atoms with van der Waals surface area (Å²) in [6.07, 6.45) is 4.97. The van der Waals surface area contributed by atoms with Gasteiger partial charge in [0.05, 0.1) is 21.1 Å². The number of carbonyl (C=O) groups excluding carboxylic acids is 1. The highest BCUT2D eigenvalue weighted by atomic mass is 32.1. The van der Waals surface area contributed by atoms with Crippen LogP contribution >= 0.6 is 22.7 Å². The van der Waals surface area contributed by atoms with Gasteiger partial charge in [-0.15, -0.1) is 22.7 Å². The van der Waals surface area contributed by atoms with Crippen molar-refractivity contribution in [1.82, 2.24) is 19.9 Å². The van der Waals surface area contributed by atoms with Crippen LogP contribution in [-0.2, 0) is 0 Å². The molecule has 4 aromatic heterocycles. The number of nitrogens with zero attached hydrogens (tertiary/aromatic N) is 4. The van der Waals surface area contributed by atoms with E-state index in [-0.39, 0.29) is 0 Å². The Morgan fingerprint density at radius 2 is 1.92 bits per heavy atom. The Morgan fingerprint density at radius 1 is 1.12 bits per heavy atom. The standard InChI is InChI=1S/C16H11N5OS2/c1-8-13(24-16(20-8)10-5-18-7-19-6-10)11-3-2-9-4-12(14(17)22)23-15(9)21-11/h2-7H,1H3,(H2,17,22). The van der Waals surface area contributed by atoms with E-state index in [2.05, 4.69) is 19.9 Å². The van der Waals surface area contributed by atoms with Crippen molar-refractivity contribution < 1.29 is 4.79 Å². The highest BCUT2D eigenvalue weighted by Gasteiger charge is 2.14. The zero-order valence-electron chi connectivity index (χ0n) is 12.6. The van der Waals surface area contributed by atoms with Gasteiger partial charge in [-0.3, -0.25) is 4.79 Å². The molecule has 0 bridgehead atoms. The number of aryl methyl sites for hydroxylation is 1. The quantitative estimate of drug-likeness (QED) is 0.610. The van der Waals surface area contributed by atoms with Gasteiger partial charge in [-0.25, -0.2) is 19.9 Å². The van der Waals surface area contributed by atoms with Crippen molar-refractivity contribution >= 4 is 38.8 Å². The van der Waals surface area contributed by atoms with Crippen molar-refractivity contribution in [2.45, 2.75) is 6.92 Å². The molecule has 0 unspecified atom stereocenters. The fraction of sp³-hybridized carbons (Fsp3) is 0.0625. The molecule has 4 aromatic rings. The zero-order chi connectivity index (χ0) is 16.7. The second kappa shape index (κ2) is 5.73. The topological polar surface area (TPSA) is 94.6 Å². The summed E-state index contributed by atoms with van der Waals surface area (Å²) in [4.78, 5) is 30.9. The summed E-state index contributed by atoms with van der Waals surface area (Å²) < 4.78 is 0. The van der Waals surface area contributed by atoms with Crippen LogP contribution < -0.4 is 5.73 Å².